The van der Waals surface area contributed by atoms with Crippen molar-refractivity contribution < 1.29 is 0 Å². The van der Waals surface area contributed by atoms with Crippen molar-refractivity contribution in [1.29, 1.82) is 5.26 Å². The molecule has 21 heavy (non-hydrogen) atoms. The largest absolute Gasteiger partial charge is 0.214 e. The minimum atomic E-state index is 0.663. The van der Waals surface area contributed by atoms with Crippen molar-refractivity contribution in [2.24, 2.45) is 0 Å². The van der Waals surface area contributed by atoms with E-state index < -0.39 is 0 Å². The van der Waals surface area contributed by atoms with Crippen LogP contribution < -0.4 is 0 Å². The number of tetrazole rings is 1. The average molecular weight is 293 g/mol. The van der Waals surface area contributed by atoms with Crippen molar-refractivity contribution in [3.05, 3.63) is 65.7 Å². The minimum absolute atomic E-state index is 0.663. The topological polar surface area (TPSA) is 67.4 Å². The second kappa shape index (κ2) is 6.20. The zero-order valence-electron chi connectivity index (χ0n) is 11.0. The first kappa shape index (κ1) is 13.3. The summed E-state index contributed by atoms with van der Waals surface area (Å²) >= 11 is 1.54. The molecule has 0 N–H and O–H groups in total. The highest BCUT2D eigenvalue weighted by Crippen LogP contribution is 2.22. The van der Waals surface area contributed by atoms with Gasteiger partial charge in [-0.1, -0.05) is 42.1 Å². The van der Waals surface area contributed by atoms with E-state index in [0.29, 0.717) is 11.3 Å². The second-order valence-corrected chi connectivity index (χ2v) is 5.25. The van der Waals surface area contributed by atoms with E-state index in [2.05, 4.69) is 21.6 Å². The Hall–Kier alpha value is -2.65. The molecule has 1 aromatic heterocycles. The zero-order chi connectivity index (χ0) is 14.5. The standard InChI is InChI=1S/C15H11N5S/c16-10-12-5-4-6-13(9-12)11-21-15-17-18-19-20(15)14-7-2-1-3-8-14/h1-9H,11H2. The Bertz CT molecular complexity index is 776. The Kier molecular flexibility index (Phi) is 3.94. The molecular formula is C15H11N5S. The van der Waals surface area contributed by atoms with Gasteiger partial charge in [-0.25, -0.2) is 0 Å². The van der Waals surface area contributed by atoms with Gasteiger partial charge in [-0.3, -0.25) is 0 Å². The normalized spacial score (nSPS) is 10.2. The number of thioether (sulfide) groups is 1. The van der Waals surface area contributed by atoms with E-state index in [-0.39, 0.29) is 0 Å². The number of aromatic nitrogens is 4. The fourth-order valence-electron chi connectivity index (χ4n) is 1.88. The maximum absolute atomic E-state index is 8.91. The smallest absolute Gasteiger partial charge is 0.192 e. The van der Waals surface area contributed by atoms with Gasteiger partial charge in [0.1, 0.15) is 0 Å². The van der Waals surface area contributed by atoms with E-state index in [1.165, 1.54) is 11.8 Å². The molecule has 0 aliphatic heterocycles. The molecule has 3 rings (SSSR count). The molecule has 0 amide bonds. The van der Waals surface area contributed by atoms with E-state index >= 15 is 0 Å². The number of hydrogen-bond acceptors (Lipinski definition) is 5. The lowest BCUT2D eigenvalue weighted by Gasteiger charge is -2.04. The SMILES string of the molecule is N#Cc1cccc(CSc2nnnn2-c2ccccc2)c1. The monoisotopic (exact) mass is 293 g/mol. The fraction of sp³-hybridized carbons (Fsp3) is 0.0667. The second-order valence-electron chi connectivity index (χ2n) is 4.31. The van der Waals surface area contributed by atoms with Crippen LogP contribution in [0, 0.1) is 11.3 Å². The first-order valence-electron chi connectivity index (χ1n) is 6.32. The van der Waals surface area contributed by atoms with Gasteiger partial charge in [-0.15, -0.1) is 5.10 Å². The molecule has 5 nitrogen and oxygen atoms in total. The van der Waals surface area contributed by atoms with Crippen LogP contribution in [0.1, 0.15) is 11.1 Å². The lowest BCUT2D eigenvalue weighted by Crippen LogP contribution is -1.98. The summed E-state index contributed by atoms with van der Waals surface area (Å²) in [6.07, 6.45) is 0. The highest BCUT2D eigenvalue weighted by molar-refractivity contribution is 7.98. The Labute approximate surface area is 126 Å². The number of para-hydroxylation sites is 1. The van der Waals surface area contributed by atoms with Gasteiger partial charge in [0.25, 0.3) is 0 Å². The molecule has 0 bridgehead atoms. The van der Waals surface area contributed by atoms with Crippen molar-refractivity contribution in [3.8, 4) is 11.8 Å². The summed E-state index contributed by atoms with van der Waals surface area (Å²) < 4.78 is 1.71. The number of benzene rings is 2. The van der Waals surface area contributed by atoms with Gasteiger partial charge in [0.2, 0.25) is 5.16 Å². The molecule has 0 aliphatic carbocycles. The lowest BCUT2D eigenvalue weighted by atomic mass is 10.2. The molecule has 0 aliphatic rings. The molecule has 0 saturated carbocycles. The van der Waals surface area contributed by atoms with Gasteiger partial charge in [-0.2, -0.15) is 9.94 Å². The van der Waals surface area contributed by atoms with Crippen LogP contribution >= 0.6 is 11.8 Å². The third kappa shape index (κ3) is 3.09. The minimum Gasteiger partial charge on any atom is -0.192 e. The predicted octanol–water partition coefficient (Wildman–Crippen LogP) is 2.83. The summed E-state index contributed by atoms with van der Waals surface area (Å²) in [6.45, 7) is 0. The molecule has 0 fully saturated rings. The van der Waals surface area contributed by atoms with E-state index in [1.807, 2.05) is 48.5 Å². The highest BCUT2D eigenvalue weighted by atomic mass is 32.2. The zero-order valence-corrected chi connectivity index (χ0v) is 11.9. The van der Waals surface area contributed by atoms with Crippen molar-refractivity contribution in [2.45, 2.75) is 10.9 Å². The van der Waals surface area contributed by atoms with Crippen LogP contribution in [-0.2, 0) is 5.75 Å². The maximum Gasteiger partial charge on any atom is 0.214 e. The van der Waals surface area contributed by atoms with Gasteiger partial charge in [-0.05, 0) is 40.3 Å². The van der Waals surface area contributed by atoms with E-state index in [4.69, 9.17) is 5.26 Å². The number of rotatable bonds is 4. The first-order chi connectivity index (χ1) is 10.4. The van der Waals surface area contributed by atoms with Crippen molar-refractivity contribution >= 4 is 11.8 Å². The fourth-order valence-corrected chi connectivity index (χ4v) is 2.71. The molecule has 0 atom stereocenters. The average Bonchev–Trinajstić information content (AvgIpc) is 3.02. The summed E-state index contributed by atoms with van der Waals surface area (Å²) in [7, 11) is 0. The summed E-state index contributed by atoms with van der Waals surface area (Å²) in [5.74, 6) is 0.711. The number of hydrogen-bond donors (Lipinski definition) is 0. The summed E-state index contributed by atoms with van der Waals surface area (Å²) in [5, 5.41) is 21.4. The molecule has 102 valence electrons. The van der Waals surface area contributed by atoms with Crippen LogP contribution in [0.3, 0.4) is 0 Å². The van der Waals surface area contributed by atoms with Gasteiger partial charge >= 0.3 is 0 Å². The van der Waals surface area contributed by atoms with Gasteiger partial charge in [0.05, 0.1) is 17.3 Å². The van der Waals surface area contributed by atoms with Crippen molar-refractivity contribution in [1.82, 2.24) is 20.2 Å². The first-order valence-corrected chi connectivity index (χ1v) is 7.31. The summed E-state index contributed by atoms with van der Waals surface area (Å²) in [6, 6.07) is 19.4. The van der Waals surface area contributed by atoms with Crippen LogP contribution in [0.4, 0.5) is 0 Å². The van der Waals surface area contributed by atoms with Crippen LogP contribution in [0.2, 0.25) is 0 Å². The highest BCUT2D eigenvalue weighted by Gasteiger charge is 2.08. The Morgan fingerprint density at radius 1 is 1.10 bits per heavy atom. The predicted molar refractivity (Wildman–Crippen MR) is 79.9 cm³/mol. The van der Waals surface area contributed by atoms with E-state index in [9.17, 15) is 0 Å². The van der Waals surface area contributed by atoms with Crippen LogP contribution in [0.15, 0.2) is 59.8 Å². The quantitative estimate of drug-likeness (QED) is 0.692. The molecule has 6 heteroatoms. The van der Waals surface area contributed by atoms with Gasteiger partial charge in [0.15, 0.2) is 0 Å². The van der Waals surface area contributed by atoms with Gasteiger partial charge in [0, 0.05) is 5.75 Å². The van der Waals surface area contributed by atoms with Crippen LogP contribution in [-0.4, -0.2) is 20.2 Å². The van der Waals surface area contributed by atoms with Crippen LogP contribution in [0.5, 0.6) is 0 Å². The molecule has 3 aromatic rings. The maximum atomic E-state index is 8.91. The third-order valence-electron chi connectivity index (χ3n) is 2.87. The molecule has 1 heterocycles. The number of nitriles is 1. The molecule has 0 radical (unpaired) electrons. The molecule has 0 spiro atoms. The summed E-state index contributed by atoms with van der Waals surface area (Å²) in [5.41, 5.74) is 2.66. The molecule has 0 unspecified atom stereocenters. The Balaban J connectivity index is 1.78. The van der Waals surface area contributed by atoms with Gasteiger partial charge < -0.3 is 0 Å². The Morgan fingerprint density at radius 3 is 2.76 bits per heavy atom. The third-order valence-corrected chi connectivity index (χ3v) is 3.86. The Morgan fingerprint density at radius 2 is 1.95 bits per heavy atom. The van der Waals surface area contributed by atoms with Crippen molar-refractivity contribution in [2.75, 3.05) is 0 Å². The van der Waals surface area contributed by atoms with Crippen molar-refractivity contribution in [3.63, 3.8) is 0 Å². The lowest BCUT2D eigenvalue weighted by molar-refractivity contribution is 0.756. The van der Waals surface area contributed by atoms with E-state index in [1.54, 1.807) is 10.7 Å². The summed E-state index contributed by atoms with van der Waals surface area (Å²) in [4.78, 5) is 0. The molecule has 0 saturated heterocycles. The number of nitrogens with zero attached hydrogens (tertiary/aromatic N) is 5. The van der Waals surface area contributed by atoms with E-state index in [0.717, 1.165) is 16.4 Å². The molecular weight excluding hydrogens is 282 g/mol. The van der Waals surface area contributed by atoms with Crippen LogP contribution in [0.25, 0.3) is 5.69 Å². The molecule has 2 aromatic carbocycles.